The Morgan fingerprint density at radius 2 is 0.310 bits per heavy atom. The molecule has 0 aromatic carbocycles. The predicted molar refractivity (Wildman–Crippen MR) is 262 cm³/mol. The lowest BCUT2D eigenvalue weighted by Crippen LogP contribution is -1.75. The first kappa shape index (κ1) is 49.1. The summed E-state index contributed by atoms with van der Waals surface area (Å²) in [6.07, 6.45) is 14.3. The highest BCUT2D eigenvalue weighted by molar-refractivity contribution is 8.77. The maximum absolute atomic E-state index is 4.21. The van der Waals surface area contributed by atoms with Crippen molar-refractivity contribution in [1.82, 2.24) is 39.9 Å². The third-order valence-corrected chi connectivity index (χ3v) is 14.7. The molecule has 8 aromatic heterocycles. The van der Waals surface area contributed by atoms with Gasteiger partial charge < -0.3 is 0 Å². The van der Waals surface area contributed by atoms with Gasteiger partial charge in [-0.3, -0.25) is 0 Å². The standard InChI is InChI=1S/4C10H8N2S2.2H2S/c4*1-3-7-11-9(5-1)13-14-10-6-2-4-8-12-10;;/h4*1-8H;2*1H2. The summed E-state index contributed by atoms with van der Waals surface area (Å²) >= 11 is 0. The quantitative estimate of drug-likeness (QED) is 0.108. The molecule has 8 aromatic rings. The Morgan fingerprint density at radius 1 is 0.190 bits per heavy atom. The Morgan fingerprint density at radius 3 is 0.397 bits per heavy atom. The van der Waals surface area contributed by atoms with Gasteiger partial charge in [0.15, 0.2) is 0 Å². The predicted octanol–water partition coefficient (Wildman–Crippen LogP) is 13.3. The van der Waals surface area contributed by atoms with Crippen molar-refractivity contribution in [3.63, 3.8) is 0 Å². The van der Waals surface area contributed by atoms with E-state index in [4.69, 9.17) is 0 Å². The van der Waals surface area contributed by atoms with Crippen molar-refractivity contribution in [3.05, 3.63) is 195 Å². The van der Waals surface area contributed by atoms with Crippen molar-refractivity contribution in [2.45, 2.75) is 40.2 Å². The fraction of sp³-hybridized carbons (Fsp3) is 0. The number of aromatic nitrogens is 8. The summed E-state index contributed by atoms with van der Waals surface area (Å²) in [6, 6.07) is 47.0. The van der Waals surface area contributed by atoms with E-state index in [1.807, 2.05) is 146 Å². The van der Waals surface area contributed by atoms with Gasteiger partial charge in [-0.15, -0.1) is 0 Å². The van der Waals surface area contributed by atoms with E-state index in [0.29, 0.717) is 0 Å². The maximum atomic E-state index is 4.21. The summed E-state index contributed by atoms with van der Waals surface area (Å²) in [5, 5.41) is 8.02. The first-order chi connectivity index (χ1) is 27.8. The van der Waals surface area contributed by atoms with Gasteiger partial charge in [0, 0.05) is 49.6 Å². The van der Waals surface area contributed by atoms with Gasteiger partial charge in [0.25, 0.3) is 0 Å². The SMILES string of the molecule is S.S.c1ccc(SSc2ccccn2)nc1.c1ccc(SSc2ccccn2)nc1.c1ccc(SSc2ccccn2)nc1.c1ccc(SSc2ccccn2)nc1. The van der Waals surface area contributed by atoms with Gasteiger partial charge in [0.05, 0.1) is 0 Å². The second-order valence-corrected chi connectivity index (χ2v) is 18.7. The minimum absolute atomic E-state index is 0. The molecule has 296 valence electrons. The molecular weight excluding hydrogens is 913 g/mol. The third-order valence-electron chi connectivity index (χ3n) is 5.95. The molecule has 0 spiro atoms. The van der Waals surface area contributed by atoms with E-state index in [2.05, 4.69) is 39.9 Å². The molecule has 8 heterocycles. The molecule has 0 radical (unpaired) electrons. The molecule has 0 saturated carbocycles. The van der Waals surface area contributed by atoms with Gasteiger partial charge in [-0.1, -0.05) is 48.5 Å². The van der Waals surface area contributed by atoms with Crippen LogP contribution in [0.2, 0.25) is 0 Å². The molecule has 0 amide bonds. The van der Waals surface area contributed by atoms with Gasteiger partial charge in [-0.2, -0.15) is 27.0 Å². The van der Waals surface area contributed by atoms with Gasteiger partial charge >= 0.3 is 0 Å². The minimum atomic E-state index is 0. The third kappa shape index (κ3) is 21.6. The molecule has 0 N–H and O–H groups in total. The molecule has 58 heavy (non-hydrogen) atoms. The summed E-state index contributed by atoms with van der Waals surface area (Å²) in [6.45, 7) is 0. The monoisotopic (exact) mass is 948 g/mol. The number of rotatable bonds is 12. The molecule has 0 aliphatic rings. The van der Waals surface area contributed by atoms with Crippen molar-refractivity contribution >= 4 is 113 Å². The lowest BCUT2D eigenvalue weighted by atomic mass is 10.5. The molecular formula is C40H36N8S10. The second kappa shape index (κ2) is 31.6. The molecule has 0 bridgehead atoms. The van der Waals surface area contributed by atoms with E-state index in [-0.39, 0.29) is 27.0 Å². The van der Waals surface area contributed by atoms with Crippen LogP contribution in [0, 0.1) is 0 Å². The Kier molecular flexibility index (Phi) is 26.7. The zero-order valence-electron chi connectivity index (χ0n) is 30.3. The van der Waals surface area contributed by atoms with Crippen LogP contribution < -0.4 is 0 Å². The van der Waals surface area contributed by atoms with Crippen LogP contribution in [0.1, 0.15) is 0 Å². The first-order valence-electron chi connectivity index (χ1n) is 16.5. The van der Waals surface area contributed by atoms with Crippen LogP contribution in [-0.2, 0) is 0 Å². The van der Waals surface area contributed by atoms with E-state index >= 15 is 0 Å². The molecule has 0 unspecified atom stereocenters. The summed E-state index contributed by atoms with van der Waals surface area (Å²) in [5.41, 5.74) is 0. The largest absolute Gasteiger partial charge is 0.249 e. The average Bonchev–Trinajstić information content (AvgIpc) is 3.30. The Bertz CT molecular complexity index is 1670. The van der Waals surface area contributed by atoms with E-state index in [0.717, 1.165) is 40.2 Å². The molecule has 0 fully saturated rings. The molecule has 18 heteroatoms. The Hall–Kier alpha value is -3.30. The number of nitrogens with zero attached hydrogens (tertiary/aromatic N) is 8. The van der Waals surface area contributed by atoms with Gasteiger partial charge in [-0.25, -0.2) is 39.9 Å². The van der Waals surface area contributed by atoms with Crippen LogP contribution in [-0.4, -0.2) is 39.9 Å². The van der Waals surface area contributed by atoms with Crippen LogP contribution in [0.5, 0.6) is 0 Å². The van der Waals surface area contributed by atoms with Crippen LogP contribution in [0.25, 0.3) is 0 Å². The fourth-order valence-electron chi connectivity index (χ4n) is 3.51. The van der Waals surface area contributed by atoms with E-state index in [9.17, 15) is 0 Å². The van der Waals surface area contributed by atoms with Crippen LogP contribution in [0.15, 0.2) is 235 Å². The zero-order chi connectivity index (χ0) is 38.6. The normalized spacial score (nSPS) is 9.66. The number of hydrogen-bond acceptors (Lipinski definition) is 16. The smallest absolute Gasteiger partial charge is 0.107 e. The minimum Gasteiger partial charge on any atom is -0.249 e. The first-order valence-corrected chi connectivity index (χ1v) is 25.1. The van der Waals surface area contributed by atoms with Crippen LogP contribution in [0.4, 0.5) is 0 Å². The second-order valence-electron chi connectivity index (χ2n) is 10.0. The summed E-state index contributed by atoms with van der Waals surface area (Å²) in [7, 11) is 12.9. The highest BCUT2D eigenvalue weighted by Gasteiger charge is 2.00. The van der Waals surface area contributed by atoms with Crippen molar-refractivity contribution in [1.29, 1.82) is 0 Å². The lowest BCUT2D eigenvalue weighted by molar-refractivity contribution is 1.13. The Balaban J connectivity index is 0.000000205. The molecule has 8 rings (SSSR count). The summed E-state index contributed by atoms with van der Waals surface area (Å²) in [4.78, 5) is 33.7. The van der Waals surface area contributed by atoms with Crippen LogP contribution in [0.3, 0.4) is 0 Å². The van der Waals surface area contributed by atoms with Crippen molar-refractivity contribution in [2.24, 2.45) is 0 Å². The molecule has 0 saturated heterocycles. The Labute approximate surface area is 385 Å². The van der Waals surface area contributed by atoms with Crippen molar-refractivity contribution < 1.29 is 0 Å². The number of pyridine rings is 8. The van der Waals surface area contributed by atoms with Gasteiger partial charge in [0.2, 0.25) is 0 Å². The summed E-state index contributed by atoms with van der Waals surface area (Å²) < 4.78 is 0. The van der Waals surface area contributed by atoms with E-state index in [1.54, 1.807) is 136 Å². The van der Waals surface area contributed by atoms with Gasteiger partial charge in [0.1, 0.15) is 40.2 Å². The van der Waals surface area contributed by atoms with Gasteiger partial charge in [-0.05, 0) is 183 Å². The van der Waals surface area contributed by atoms with E-state index < -0.39 is 0 Å². The average molecular weight is 949 g/mol. The highest BCUT2D eigenvalue weighted by atomic mass is 33.1. The fourth-order valence-corrected chi connectivity index (χ4v) is 10.5. The van der Waals surface area contributed by atoms with Crippen LogP contribution >= 0.6 is 113 Å². The van der Waals surface area contributed by atoms with Crippen molar-refractivity contribution in [3.8, 4) is 0 Å². The highest BCUT2D eigenvalue weighted by Crippen LogP contribution is 2.36. The molecule has 0 aliphatic carbocycles. The molecule has 0 atom stereocenters. The zero-order valence-corrected chi connectivity index (χ0v) is 38.9. The molecule has 8 nitrogen and oxygen atoms in total. The van der Waals surface area contributed by atoms with Crippen molar-refractivity contribution in [2.75, 3.05) is 0 Å². The molecule has 0 aliphatic heterocycles. The summed E-state index contributed by atoms with van der Waals surface area (Å²) in [5.74, 6) is 0. The van der Waals surface area contributed by atoms with E-state index in [1.165, 1.54) is 0 Å². The lowest BCUT2D eigenvalue weighted by Gasteiger charge is -1.97. The number of hydrogen-bond donors (Lipinski definition) is 0. The maximum Gasteiger partial charge on any atom is 0.107 e. The topological polar surface area (TPSA) is 103 Å².